The molecule has 5 nitrogen and oxygen atoms in total. The molecule has 0 spiro atoms. The van der Waals surface area contributed by atoms with Crippen molar-refractivity contribution in [2.24, 2.45) is 0 Å². The Labute approximate surface area is 137 Å². The quantitative estimate of drug-likeness (QED) is 0.645. The van der Waals surface area contributed by atoms with Gasteiger partial charge in [0.1, 0.15) is 5.75 Å². The molecule has 1 aromatic carbocycles. The first kappa shape index (κ1) is 15.9. The minimum atomic E-state index is 0.0605. The largest absolute Gasteiger partial charge is 0.508 e. The molecule has 5 heteroatoms. The van der Waals surface area contributed by atoms with Crippen LogP contribution < -0.4 is 5.32 Å². The number of phenolic OH excluding ortho intramolecular Hbond substituents is 1. The number of urea groups is 1. The van der Waals surface area contributed by atoms with E-state index >= 15 is 0 Å². The van der Waals surface area contributed by atoms with E-state index in [0.29, 0.717) is 18.3 Å². The third-order valence-corrected chi connectivity index (χ3v) is 4.67. The molecule has 1 atom stereocenters. The van der Waals surface area contributed by atoms with Gasteiger partial charge in [-0.1, -0.05) is 24.3 Å². The Kier molecular flexibility index (Phi) is 5.18. The van der Waals surface area contributed by atoms with E-state index in [1.165, 1.54) is 5.56 Å². The van der Waals surface area contributed by atoms with Crippen LogP contribution in [0.1, 0.15) is 18.4 Å². The molecule has 2 N–H and O–H groups in total. The van der Waals surface area contributed by atoms with Crippen molar-refractivity contribution in [3.63, 3.8) is 0 Å². The summed E-state index contributed by atoms with van der Waals surface area (Å²) in [5.41, 5.74) is 1.18. The smallest absolute Gasteiger partial charge is 0.317 e. The average Bonchev–Trinajstić information content (AvgIpc) is 3.23. The number of carbonyl (C=O) groups excluding carboxylic acids is 1. The highest BCUT2D eigenvalue weighted by Gasteiger charge is 2.30. The first-order chi connectivity index (χ1) is 11.2. The maximum absolute atomic E-state index is 12.2. The van der Waals surface area contributed by atoms with Gasteiger partial charge in [-0.25, -0.2) is 4.79 Å². The summed E-state index contributed by atoms with van der Waals surface area (Å²) in [4.78, 5) is 16.6. The van der Waals surface area contributed by atoms with Gasteiger partial charge in [0, 0.05) is 38.8 Å². The predicted octanol–water partition coefficient (Wildman–Crippen LogP) is 1.98. The van der Waals surface area contributed by atoms with E-state index in [0.717, 1.165) is 45.4 Å². The van der Waals surface area contributed by atoms with Gasteiger partial charge in [-0.15, -0.1) is 0 Å². The second-order valence-corrected chi connectivity index (χ2v) is 6.32. The summed E-state index contributed by atoms with van der Waals surface area (Å²) in [5.74, 6) is 0.291. The van der Waals surface area contributed by atoms with Gasteiger partial charge < -0.3 is 15.3 Å². The number of nitrogens with one attached hydrogen (secondary N) is 1. The highest BCUT2D eigenvalue weighted by molar-refractivity contribution is 5.74. The second-order valence-electron chi connectivity index (χ2n) is 6.32. The summed E-state index contributed by atoms with van der Waals surface area (Å²) in [6.07, 6.45) is 7.28. The zero-order valence-electron chi connectivity index (χ0n) is 13.4. The van der Waals surface area contributed by atoms with Crippen LogP contribution in [-0.2, 0) is 6.42 Å². The number of hydrogen-bond acceptors (Lipinski definition) is 3. The summed E-state index contributed by atoms with van der Waals surface area (Å²) < 4.78 is 0. The fraction of sp³-hybridized carbons (Fsp3) is 0.500. The molecule has 2 heterocycles. The van der Waals surface area contributed by atoms with Gasteiger partial charge in [-0.2, -0.15) is 0 Å². The molecule has 1 saturated heterocycles. The topological polar surface area (TPSA) is 55.8 Å². The van der Waals surface area contributed by atoms with E-state index in [9.17, 15) is 9.90 Å². The fourth-order valence-corrected chi connectivity index (χ4v) is 3.28. The van der Waals surface area contributed by atoms with Gasteiger partial charge in [-0.3, -0.25) is 4.90 Å². The van der Waals surface area contributed by atoms with Crippen molar-refractivity contribution in [2.75, 3.05) is 32.7 Å². The molecule has 0 aromatic heterocycles. The fourth-order valence-electron chi connectivity index (χ4n) is 3.28. The Hall–Kier alpha value is -2.01. The van der Waals surface area contributed by atoms with E-state index in [4.69, 9.17) is 0 Å². The Morgan fingerprint density at radius 3 is 2.70 bits per heavy atom. The van der Waals surface area contributed by atoms with Crippen LogP contribution in [-0.4, -0.2) is 59.7 Å². The Morgan fingerprint density at radius 1 is 1.22 bits per heavy atom. The predicted molar refractivity (Wildman–Crippen MR) is 90.5 cm³/mol. The molecular formula is C18H25N3O2. The van der Waals surface area contributed by atoms with Crippen molar-refractivity contribution in [1.29, 1.82) is 0 Å². The number of nitrogens with zero attached hydrogens (tertiary/aromatic N) is 2. The van der Waals surface area contributed by atoms with Crippen LogP contribution in [0, 0.1) is 0 Å². The number of aryl methyl sites for hydroxylation is 1. The molecule has 23 heavy (non-hydrogen) atoms. The maximum Gasteiger partial charge on any atom is 0.317 e. The van der Waals surface area contributed by atoms with Gasteiger partial charge in [0.15, 0.2) is 0 Å². The lowest BCUT2D eigenvalue weighted by molar-refractivity contribution is 0.200. The van der Waals surface area contributed by atoms with Crippen LogP contribution in [0.2, 0.25) is 0 Å². The van der Waals surface area contributed by atoms with Crippen LogP contribution >= 0.6 is 0 Å². The van der Waals surface area contributed by atoms with Gasteiger partial charge >= 0.3 is 6.03 Å². The minimum absolute atomic E-state index is 0.0605. The van der Waals surface area contributed by atoms with Gasteiger partial charge in [0.05, 0.1) is 0 Å². The lowest BCUT2D eigenvalue weighted by Gasteiger charge is -2.23. The third kappa shape index (κ3) is 4.26. The number of rotatable bonds is 5. The normalized spacial score (nSPS) is 21.0. The molecule has 0 aliphatic carbocycles. The number of benzene rings is 1. The molecule has 2 aliphatic heterocycles. The van der Waals surface area contributed by atoms with Crippen molar-refractivity contribution in [3.8, 4) is 5.75 Å². The Morgan fingerprint density at radius 2 is 1.96 bits per heavy atom. The summed E-state index contributed by atoms with van der Waals surface area (Å²) >= 11 is 0. The monoisotopic (exact) mass is 315 g/mol. The van der Waals surface area contributed by atoms with Crippen molar-refractivity contribution in [2.45, 2.75) is 25.3 Å². The highest BCUT2D eigenvalue weighted by atomic mass is 16.3. The SMILES string of the molecule is O=C(NCCCc1ccc(O)cc1)N1CC[C@H](N2CC=CC2)C1. The summed E-state index contributed by atoms with van der Waals surface area (Å²) in [6, 6.07) is 7.81. The first-order valence-electron chi connectivity index (χ1n) is 8.42. The molecule has 0 bridgehead atoms. The Bertz CT molecular complexity index is 548. The van der Waals surface area contributed by atoms with E-state index in [1.54, 1.807) is 12.1 Å². The number of phenols is 1. The standard InChI is InChI=1S/C18H25N3O2/c22-17-7-5-15(6-8-17)4-3-10-19-18(23)21-13-9-16(14-21)20-11-1-2-12-20/h1-2,5-8,16,22H,3-4,9-14H2,(H,19,23)/t16-/m0/s1. The Balaban J connectivity index is 1.34. The number of hydrogen-bond donors (Lipinski definition) is 2. The van der Waals surface area contributed by atoms with Crippen molar-refractivity contribution < 1.29 is 9.90 Å². The van der Waals surface area contributed by atoms with Crippen molar-refractivity contribution in [3.05, 3.63) is 42.0 Å². The molecule has 0 unspecified atom stereocenters. The van der Waals surface area contributed by atoms with E-state index in [1.807, 2.05) is 17.0 Å². The van der Waals surface area contributed by atoms with Gasteiger partial charge in [-0.05, 0) is 37.0 Å². The second kappa shape index (κ2) is 7.51. The molecule has 3 rings (SSSR count). The minimum Gasteiger partial charge on any atom is -0.508 e. The number of aromatic hydroxyl groups is 1. The molecular weight excluding hydrogens is 290 g/mol. The van der Waals surface area contributed by atoms with Gasteiger partial charge in [0.2, 0.25) is 0 Å². The van der Waals surface area contributed by atoms with Gasteiger partial charge in [0.25, 0.3) is 0 Å². The maximum atomic E-state index is 12.2. The van der Waals surface area contributed by atoms with Crippen LogP contribution in [0.25, 0.3) is 0 Å². The van der Waals surface area contributed by atoms with Crippen LogP contribution in [0.15, 0.2) is 36.4 Å². The molecule has 2 aliphatic rings. The number of carbonyl (C=O) groups is 1. The molecule has 124 valence electrons. The van der Waals surface area contributed by atoms with Crippen LogP contribution in [0.4, 0.5) is 4.79 Å². The zero-order valence-corrected chi connectivity index (χ0v) is 13.4. The van der Waals surface area contributed by atoms with E-state index in [2.05, 4.69) is 22.4 Å². The molecule has 1 aromatic rings. The summed E-state index contributed by atoms with van der Waals surface area (Å²) in [5, 5.41) is 12.3. The zero-order chi connectivity index (χ0) is 16.1. The van der Waals surface area contributed by atoms with Crippen molar-refractivity contribution >= 4 is 6.03 Å². The van der Waals surface area contributed by atoms with E-state index in [-0.39, 0.29) is 6.03 Å². The molecule has 1 fully saturated rings. The molecule has 0 radical (unpaired) electrons. The molecule has 0 saturated carbocycles. The summed E-state index contributed by atoms with van der Waals surface area (Å²) in [7, 11) is 0. The van der Waals surface area contributed by atoms with Crippen molar-refractivity contribution in [1.82, 2.24) is 15.1 Å². The summed E-state index contributed by atoms with van der Waals surface area (Å²) in [6.45, 7) is 4.42. The highest BCUT2D eigenvalue weighted by Crippen LogP contribution is 2.17. The molecule has 2 amide bonds. The van der Waals surface area contributed by atoms with E-state index < -0.39 is 0 Å². The number of amides is 2. The average molecular weight is 315 g/mol. The number of likely N-dealkylation sites (tertiary alicyclic amines) is 1. The van der Waals surface area contributed by atoms with Crippen LogP contribution in [0.3, 0.4) is 0 Å². The first-order valence-corrected chi connectivity index (χ1v) is 8.42. The lowest BCUT2D eigenvalue weighted by Crippen LogP contribution is -2.42. The lowest BCUT2D eigenvalue weighted by atomic mass is 10.1. The third-order valence-electron chi connectivity index (χ3n) is 4.67. The van der Waals surface area contributed by atoms with Crippen LogP contribution in [0.5, 0.6) is 5.75 Å².